The third-order valence-electron chi connectivity index (χ3n) is 10.4. The number of carbonyl (C=O) groups excluding carboxylic acids is 7. The van der Waals surface area contributed by atoms with Crippen LogP contribution >= 0.6 is 11.8 Å². The average Bonchev–Trinajstić information content (AvgIpc) is 3.74. The summed E-state index contributed by atoms with van der Waals surface area (Å²) in [5, 5.41) is 8.52. The van der Waals surface area contributed by atoms with Crippen LogP contribution < -0.4 is 32.2 Å². The Morgan fingerprint density at radius 1 is 0.917 bits per heavy atom. The van der Waals surface area contributed by atoms with Crippen molar-refractivity contribution >= 4 is 58.6 Å². The first-order valence-corrected chi connectivity index (χ1v) is 21.4. The number of methoxy groups -OCH3 is 1. The highest BCUT2D eigenvalue weighted by atomic mass is 32.2. The topological polar surface area (TPSA) is 223 Å². The Morgan fingerprint density at radius 2 is 1.60 bits per heavy atom. The Balaban J connectivity index is 1.17. The van der Waals surface area contributed by atoms with Gasteiger partial charge in [-0.05, 0) is 62.3 Å². The Kier molecular flexibility index (Phi) is 16.0. The number of anilines is 1. The molecule has 1 fully saturated rings. The molecule has 1 saturated heterocycles. The second-order valence-corrected chi connectivity index (χ2v) is 16.5. The molecule has 320 valence electrons. The van der Waals surface area contributed by atoms with Gasteiger partial charge in [0.05, 0.1) is 31.3 Å². The number of thioether (sulfide) groups is 1. The molecule has 0 bridgehead atoms. The highest BCUT2D eigenvalue weighted by molar-refractivity contribution is 7.98. The summed E-state index contributed by atoms with van der Waals surface area (Å²) >= 11 is 1.48. The number of carbonyl (C=O) groups is 7. The van der Waals surface area contributed by atoms with Crippen molar-refractivity contribution in [2.45, 2.75) is 76.4 Å². The van der Waals surface area contributed by atoms with Gasteiger partial charge in [0.25, 0.3) is 5.91 Å². The molecule has 60 heavy (non-hydrogen) atoms. The molecular weight excluding hydrogens is 787 g/mol. The number of ketones is 2. The molecule has 16 heteroatoms. The van der Waals surface area contributed by atoms with E-state index in [0.717, 1.165) is 16.2 Å². The van der Waals surface area contributed by atoms with Crippen molar-refractivity contribution in [3.8, 4) is 5.75 Å². The van der Waals surface area contributed by atoms with Crippen LogP contribution in [0.1, 0.15) is 83.9 Å². The third-order valence-corrected chi connectivity index (χ3v) is 11.5. The first kappa shape index (κ1) is 45.5. The molecule has 7 N–H and O–H groups in total. The van der Waals surface area contributed by atoms with E-state index in [-0.39, 0.29) is 55.5 Å². The molecule has 3 aromatic rings. The van der Waals surface area contributed by atoms with Gasteiger partial charge in [-0.25, -0.2) is 0 Å². The highest BCUT2D eigenvalue weighted by Gasteiger charge is 2.41. The van der Waals surface area contributed by atoms with Gasteiger partial charge in [-0.2, -0.15) is 11.8 Å². The van der Waals surface area contributed by atoms with Crippen LogP contribution in [0.2, 0.25) is 0 Å². The number of likely N-dealkylation sites (tertiary alicyclic amines) is 1. The minimum Gasteiger partial charge on any atom is -0.497 e. The highest BCUT2D eigenvalue weighted by Crippen LogP contribution is 2.32. The predicted molar refractivity (Wildman–Crippen MR) is 229 cm³/mol. The molecule has 1 aliphatic heterocycles. The third kappa shape index (κ3) is 11.2. The lowest BCUT2D eigenvalue weighted by Crippen LogP contribution is -2.57. The van der Waals surface area contributed by atoms with Crippen molar-refractivity contribution in [2.75, 3.05) is 44.4 Å². The lowest BCUT2D eigenvalue weighted by molar-refractivity contribution is -0.152. The largest absolute Gasteiger partial charge is 0.497 e. The number of hydrogen-bond acceptors (Lipinski definition) is 12. The molecule has 3 aromatic carbocycles. The number of ether oxygens (including phenoxy) is 1. The van der Waals surface area contributed by atoms with E-state index < -0.39 is 60.2 Å². The van der Waals surface area contributed by atoms with Crippen LogP contribution in [0.15, 0.2) is 66.7 Å². The van der Waals surface area contributed by atoms with E-state index in [1.54, 1.807) is 49.6 Å². The van der Waals surface area contributed by atoms with E-state index in [0.29, 0.717) is 46.7 Å². The Morgan fingerprint density at radius 3 is 2.27 bits per heavy atom. The molecule has 4 atom stereocenters. The van der Waals surface area contributed by atoms with Gasteiger partial charge < -0.3 is 37.1 Å². The van der Waals surface area contributed by atoms with E-state index in [2.05, 4.69) is 16.0 Å². The normalized spacial score (nSPS) is 16.0. The molecule has 15 nitrogen and oxygen atoms in total. The number of benzene rings is 3. The van der Waals surface area contributed by atoms with E-state index in [1.807, 2.05) is 38.1 Å². The lowest BCUT2D eigenvalue weighted by atomic mass is 9.83. The number of imide groups is 1. The van der Waals surface area contributed by atoms with Gasteiger partial charge in [0.1, 0.15) is 17.8 Å². The molecule has 0 spiro atoms. The molecular formula is C44H55N7O8S. The second-order valence-electron chi connectivity index (χ2n) is 15.5. The van der Waals surface area contributed by atoms with Crippen LogP contribution in [-0.2, 0) is 29.7 Å². The molecule has 0 unspecified atom stereocenters. The van der Waals surface area contributed by atoms with Crippen molar-refractivity contribution in [3.63, 3.8) is 0 Å². The fourth-order valence-electron chi connectivity index (χ4n) is 7.33. The Bertz CT molecular complexity index is 2070. The van der Waals surface area contributed by atoms with Crippen molar-refractivity contribution < 1.29 is 38.3 Å². The van der Waals surface area contributed by atoms with E-state index in [1.165, 1.54) is 23.6 Å². The summed E-state index contributed by atoms with van der Waals surface area (Å²) in [7, 11) is 1.60. The molecule has 0 aromatic heterocycles. The smallest absolute Gasteiger partial charge is 0.252 e. The SMILES string of the molecule is COc1ccc(CSC[C@H](N)C(=O)NCC(=O)N[C@@H](CC(C)C)C(=O)N2CCC[C@H]2C(=O)N(CCCNc2cccc3c2C(=O)c2ccccc2C3=O)C(=O)[C@H](C)N)cc1. The average molecular weight is 842 g/mol. The van der Waals surface area contributed by atoms with Crippen LogP contribution in [0.4, 0.5) is 5.69 Å². The maximum absolute atomic E-state index is 14.1. The fraction of sp³-hybridized carbons (Fsp3) is 0.432. The minimum absolute atomic E-state index is 0.0104. The standard InChI is InChI=1S/C44H55N7O8S/c1-26(2)22-35(49-37(52)23-48-41(55)33(46)25-60-24-28-15-17-29(59-4)18-16-28)43(57)50-20-8-14-36(50)44(58)51(42(56)27(3)45)21-9-19-47-34-13-7-12-32-38(34)40(54)31-11-6-5-10-30(31)39(32)53/h5-7,10-13,15-18,26-27,33,35-36,47H,8-9,14,19-25,45-46H2,1-4H3,(H,48,55)(H,49,52)/t27-,33-,35-,36-/m0/s1. The van der Waals surface area contributed by atoms with Crippen molar-refractivity contribution in [3.05, 3.63) is 94.5 Å². The summed E-state index contributed by atoms with van der Waals surface area (Å²) < 4.78 is 5.18. The molecule has 1 heterocycles. The lowest BCUT2D eigenvalue weighted by Gasteiger charge is -2.32. The zero-order chi connectivity index (χ0) is 43.5. The first-order valence-electron chi connectivity index (χ1n) is 20.2. The van der Waals surface area contributed by atoms with E-state index in [4.69, 9.17) is 16.2 Å². The summed E-state index contributed by atoms with van der Waals surface area (Å²) in [6, 6.07) is 15.5. The molecule has 5 rings (SSSR count). The quantitative estimate of drug-likeness (QED) is 0.0861. The number of rotatable bonds is 19. The summed E-state index contributed by atoms with van der Waals surface area (Å²) in [6.45, 7) is 5.36. The van der Waals surface area contributed by atoms with Gasteiger partial charge in [0, 0.05) is 53.5 Å². The molecule has 1 aliphatic carbocycles. The maximum Gasteiger partial charge on any atom is 0.252 e. The zero-order valence-corrected chi connectivity index (χ0v) is 35.3. The Hall–Kier alpha value is -5.58. The number of fused-ring (bicyclic) bond motifs is 2. The van der Waals surface area contributed by atoms with E-state index in [9.17, 15) is 33.6 Å². The maximum atomic E-state index is 14.1. The number of amides is 5. The Labute approximate surface area is 354 Å². The fourth-order valence-corrected chi connectivity index (χ4v) is 8.28. The van der Waals surface area contributed by atoms with Crippen LogP contribution in [-0.4, -0.2) is 114 Å². The van der Waals surface area contributed by atoms with Crippen molar-refractivity contribution in [1.82, 2.24) is 20.4 Å². The summed E-state index contributed by atoms with van der Waals surface area (Å²) in [4.78, 5) is 96.6. The molecule has 0 radical (unpaired) electrons. The summed E-state index contributed by atoms with van der Waals surface area (Å²) in [6.07, 6.45) is 1.36. The van der Waals surface area contributed by atoms with Gasteiger partial charge in [-0.15, -0.1) is 0 Å². The van der Waals surface area contributed by atoms with Crippen LogP contribution in [0.25, 0.3) is 0 Å². The molecule has 2 aliphatic rings. The monoisotopic (exact) mass is 841 g/mol. The van der Waals surface area contributed by atoms with Crippen LogP contribution in [0, 0.1) is 5.92 Å². The van der Waals surface area contributed by atoms with Crippen LogP contribution in [0.3, 0.4) is 0 Å². The number of nitrogens with zero attached hydrogens (tertiary/aromatic N) is 2. The zero-order valence-electron chi connectivity index (χ0n) is 34.5. The van der Waals surface area contributed by atoms with Crippen molar-refractivity contribution in [1.29, 1.82) is 0 Å². The van der Waals surface area contributed by atoms with Crippen molar-refractivity contribution in [2.24, 2.45) is 17.4 Å². The van der Waals surface area contributed by atoms with Gasteiger partial charge >= 0.3 is 0 Å². The number of hydrogen-bond donors (Lipinski definition) is 5. The van der Waals surface area contributed by atoms with Crippen LogP contribution in [0.5, 0.6) is 5.75 Å². The van der Waals surface area contributed by atoms with Gasteiger partial charge in [-0.1, -0.05) is 62.4 Å². The minimum atomic E-state index is -0.999. The summed E-state index contributed by atoms with van der Waals surface area (Å²) in [5.74, 6) is -1.54. The first-order chi connectivity index (χ1) is 28.7. The predicted octanol–water partition coefficient (Wildman–Crippen LogP) is 2.87. The number of nitrogens with one attached hydrogen (secondary N) is 3. The van der Waals surface area contributed by atoms with Gasteiger partial charge in [0.15, 0.2) is 11.6 Å². The molecule has 0 saturated carbocycles. The second kappa shape index (κ2) is 21.1. The van der Waals surface area contributed by atoms with E-state index >= 15 is 0 Å². The number of nitrogens with two attached hydrogens (primary N) is 2. The molecule has 5 amide bonds. The summed E-state index contributed by atoms with van der Waals surface area (Å²) in [5.41, 5.74) is 14.8. The van der Waals surface area contributed by atoms with Gasteiger partial charge in [0.2, 0.25) is 23.6 Å². The van der Waals surface area contributed by atoms with Gasteiger partial charge in [-0.3, -0.25) is 38.5 Å².